The Labute approximate surface area is 145 Å². The van der Waals surface area contributed by atoms with Crippen molar-refractivity contribution in [2.24, 2.45) is 0 Å². The molecule has 0 aliphatic rings. The fraction of sp³-hybridized carbons (Fsp3) is 0.273. The molecule has 0 saturated heterocycles. The molecule has 0 bridgehead atoms. The first-order chi connectivity index (χ1) is 9.18. The highest BCUT2D eigenvalue weighted by Crippen LogP contribution is 2.29. The topological polar surface area (TPSA) is 53.2 Å². The van der Waals surface area contributed by atoms with Crippen LogP contribution < -0.4 is 16.0 Å². The smallest absolute Gasteiger partial charge is 0.228 e. The number of amides is 1. The summed E-state index contributed by atoms with van der Waals surface area (Å²) in [7, 11) is 0. The second-order valence-electron chi connectivity index (χ2n) is 3.78. The number of hydrogen-bond acceptors (Lipinski definition) is 2. The summed E-state index contributed by atoms with van der Waals surface area (Å²) in [4.78, 5) is 11.1. The Bertz CT molecular complexity index is 510. The first-order valence-electron chi connectivity index (χ1n) is 5.35. The molecule has 0 fully saturated rings. The van der Waals surface area contributed by atoms with Crippen LogP contribution in [0.1, 0.15) is 6.92 Å². The van der Waals surface area contributed by atoms with Crippen LogP contribution in [0.25, 0.3) is 0 Å². The molecule has 0 saturated carbocycles. The summed E-state index contributed by atoms with van der Waals surface area (Å²) in [6.07, 6.45) is -0.947. The van der Waals surface area contributed by atoms with Gasteiger partial charge in [0.05, 0.1) is 0 Å². The van der Waals surface area contributed by atoms with Gasteiger partial charge in [0, 0.05) is 17.1 Å². The summed E-state index contributed by atoms with van der Waals surface area (Å²) in [6.45, 7) is 1.32. The van der Waals surface area contributed by atoms with E-state index in [2.05, 4.69) is 31.9 Å². The van der Waals surface area contributed by atoms with Gasteiger partial charge < -0.3 is 16.0 Å². The Hall–Kier alpha value is -0.270. The SMILES string of the molecule is CC(=O)N[C@H](NC(=S)Nc1cccc(Br)c1)C(Cl)(Cl)Cl. The standard InChI is InChI=1S/C11H11BrCl3N3OS/c1-6(19)16-9(11(13,14)15)18-10(20)17-8-4-2-3-7(12)5-8/h2-5,9H,1H3,(H,16,19)(H2,17,18,20)/t9-/m1/s1. The second kappa shape index (κ2) is 7.66. The summed E-state index contributed by atoms with van der Waals surface area (Å²) in [6, 6.07) is 7.37. The van der Waals surface area contributed by atoms with Crippen LogP contribution in [0.2, 0.25) is 0 Å². The number of nitrogens with one attached hydrogen (secondary N) is 3. The van der Waals surface area contributed by atoms with Gasteiger partial charge in [-0.05, 0) is 30.4 Å². The summed E-state index contributed by atoms with van der Waals surface area (Å²) >= 11 is 25.8. The Kier molecular flexibility index (Phi) is 6.81. The van der Waals surface area contributed by atoms with Gasteiger partial charge in [-0.1, -0.05) is 56.8 Å². The van der Waals surface area contributed by atoms with Gasteiger partial charge >= 0.3 is 0 Å². The van der Waals surface area contributed by atoms with Gasteiger partial charge in [-0.3, -0.25) is 4.79 Å². The van der Waals surface area contributed by atoms with Gasteiger partial charge in [0.15, 0.2) is 5.11 Å². The van der Waals surface area contributed by atoms with E-state index in [4.69, 9.17) is 47.0 Å². The number of hydrogen-bond donors (Lipinski definition) is 3. The molecule has 110 valence electrons. The van der Waals surface area contributed by atoms with Gasteiger partial charge in [0.25, 0.3) is 0 Å². The minimum Gasteiger partial charge on any atom is -0.339 e. The molecule has 0 heterocycles. The Morgan fingerprint density at radius 3 is 2.50 bits per heavy atom. The zero-order valence-corrected chi connectivity index (χ0v) is 14.9. The molecular formula is C11H11BrCl3N3OS. The van der Waals surface area contributed by atoms with Crippen LogP contribution in [0.5, 0.6) is 0 Å². The summed E-state index contributed by atoms with van der Waals surface area (Å²) in [5.41, 5.74) is 0.753. The molecule has 1 atom stereocenters. The average molecular weight is 420 g/mol. The Morgan fingerprint density at radius 1 is 1.35 bits per heavy atom. The van der Waals surface area contributed by atoms with E-state index >= 15 is 0 Å². The Morgan fingerprint density at radius 2 is 2.00 bits per heavy atom. The number of anilines is 1. The van der Waals surface area contributed by atoms with Crippen molar-refractivity contribution in [3.8, 4) is 0 Å². The van der Waals surface area contributed by atoms with Crippen LogP contribution in [-0.2, 0) is 4.79 Å². The predicted molar refractivity (Wildman–Crippen MR) is 91.4 cm³/mol. The molecule has 0 spiro atoms. The van der Waals surface area contributed by atoms with Crippen molar-refractivity contribution < 1.29 is 4.79 Å². The van der Waals surface area contributed by atoms with Gasteiger partial charge in [-0.25, -0.2) is 0 Å². The van der Waals surface area contributed by atoms with E-state index in [0.717, 1.165) is 10.2 Å². The number of benzene rings is 1. The number of thiocarbonyl (C=S) groups is 1. The molecule has 1 rings (SSSR count). The van der Waals surface area contributed by atoms with E-state index in [0.29, 0.717) is 0 Å². The summed E-state index contributed by atoms with van der Waals surface area (Å²) in [5, 5.41) is 8.34. The maximum atomic E-state index is 11.1. The van der Waals surface area contributed by atoms with Crippen molar-refractivity contribution in [2.75, 3.05) is 5.32 Å². The molecule has 0 aliphatic heterocycles. The molecule has 1 aromatic carbocycles. The molecule has 20 heavy (non-hydrogen) atoms. The third kappa shape index (κ3) is 6.45. The van der Waals surface area contributed by atoms with Crippen molar-refractivity contribution in [2.45, 2.75) is 16.9 Å². The highest BCUT2D eigenvalue weighted by molar-refractivity contribution is 9.10. The van der Waals surface area contributed by atoms with Gasteiger partial charge in [-0.15, -0.1) is 0 Å². The lowest BCUT2D eigenvalue weighted by molar-refractivity contribution is -0.119. The van der Waals surface area contributed by atoms with Crippen molar-refractivity contribution in [1.82, 2.24) is 10.6 Å². The monoisotopic (exact) mass is 417 g/mol. The third-order valence-corrected chi connectivity index (χ3v) is 3.40. The Balaban J connectivity index is 2.69. The first-order valence-corrected chi connectivity index (χ1v) is 7.69. The van der Waals surface area contributed by atoms with E-state index in [1.54, 1.807) is 0 Å². The van der Waals surface area contributed by atoms with Crippen molar-refractivity contribution >= 4 is 79.7 Å². The molecule has 1 aromatic rings. The number of carbonyl (C=O) groups excluding carboxylic acids is 1. The molecule has 4 nitrogen and oxygen atoms in total. The van der Waals surface area contributed by atoms with Gasteiger partial charge in [0.1, 0.15) is 6.17 Å². The van der Waals surface area contributed by atoms with Crippen LogP contribution >= 0.6 is 63.0 Å². The number of alkyl halides is 3. The molecule has 3 N–H and O–H groups in total. The maximum absolute atomic E-state index is 11.1. The highest BCUT2D eigenvalue weighted by atomic mass is 79.9. The second-order valence-corrected chi connectivity index (χ2v) is 7.48. The lowest BCUT2D eigenvalue weighted by atomic mass is 10.3. The first kappa shape index (κ1) is 17.8. The van der Waals surface area contributed by atoms with Crippen LogP contribution in [0.4, 0.5) is 5.69 Å². The normalized spacial score (nSPS) is 12.4. The fourth-order valence-corrected chi connectivity index (χ4v) is 2.23. The quantitative estimate of drug-likeness (QED) is 0.398. The maximum Gasteiger partial charge on any atom is 0.228 e. The fourth-order valence-electron chi connectivity index (χ4n) is 1.27. The molecule has 0 aliphatic carbocycles. The highest BCUT2D eigenvalue weighted by Gasteiger charge is 2.33. The summed E-state index contributed by atoms with van der Waals surface area (Å²) in [5.74, 6) is -0.348. The molecule has 9 heteroatoms. The van der Waals surface area contributed by atoms with Gasteiger partial charge in [-0.2, -0.15) is 0 Å². The van der Waals surface area contributed by atoms with E-state index in [9.17, 15) is 4.79 Å². The lowest BCUT2D eigenvalue weighted by Crippen LogP contribution is -2.55. The molecule has 0 unspecified atom stereocenters. The third-order valence-electron chi connectivity index (χ3n) is 2.03. The molecule has 0 aromatic heterocycles. The van der Waals surface area contributed by atoms with Crippen LogP contribution in [0.15, 0.2) is 28.7 Å². The van der Waals surface area contributed by atoms with Crippen LogP contribution in [0, 0.1) is 0 Å². The molecule has 1 amide bonds. The van der Waals surface area contributed by atoms with E-state index < -0.39 is 9.96 Å². The van der Waals surface area contributed by atoms with Gasteiger partial charge in [0.2, 0.25) is 9.70 Å². The molecular weight excluding hydrogens is 408 g/mol. The zero-order chi connectivity index (χ0) is 15.3. The number of rotatable bonds is 3. The predicted octanol–water partition coefficient (Wildman–Crippen LogP) is 3.57. The van der Waals surface area contributed by atoms with Crippen molar-refractivity contribution in [1.29, 1.82) is 0 Å². The number of halogens is 4. The van der Waals surface area contributed by atoms with Crippen molar-refractivity contribution in [3.63, 3.8) is 0 Å². The van der Waals surface area contributed by atoms with Crippen molar-refractivity contribution in [3.05, 3.63) is 28.7 Å². The molecule has 0 radical (unpaired) electrons. The number of carbonyl (C=O) groups is 1. The van der Waals surface area contributed by atoms with Crippen LogP contribution in [0.3, 0.4) is 0 Å². The van der Waals surface area contributed by atoms with E-state index in [1.807, 2.05) is 24.3 Å². The largest absolute Gasteiger partial charge is 0.339 e. The van der Waals surface area contributed by atoms with E-state index in [1.165, 1.54) is 6.92 Å². The average Bonchev–Trinajstić information content (AvgIpc) is 2.26. The lowest BCUT2D eigenvalue weighted by Gasteiger charge is -2.27. The minimum absolute atomic E-state index is 0.216. The summed E-state index contributed by atoms with van der Waals surface area (Å²) < 4.78 is -0.848. The minimum atomic E-state index is -1.74. The van der Waals surface area contributed by atoms with E-state index in [-0.39, 0.29) is 11.0 Å². The van der Waals surface area contributed by atoms with Crippen LogP contribution in [-0.4, -0.2) is 21.0 Å². The zero-order valence-electron chi connectivity index (χ0n) is 10.2.